The highest BCUT2D eigenvalue weighted by atomic mass is 32.1. The lowest BCUT2D eigenvalue weighted by Gasteiger charge is -2.34. The van der Waals surface area contributed by atoms with Gasteiger partial charge >= 0.3 is 6.09 Å². The van der Waals surface area contributed by atoms with E-state index in [2.05, 4.69) is 29.8 Å². The van der Waals surface area contributed by atoms with E-state index < -0.39 is 29.7 Å². The summed E-state index contributed by atoms with van der Waals surface area (Å²) in [5.74, 6) is -0.833. The largest absolute Gasteiger partial charge is 0.508 e. The summed E-state index contributed by atoms with van der Waals surface area (Å²) in [6.45, 7) is 12.9. The number of hydrogen-bond acceptors (Lipinski definition) is 6. The molecule has 3 atom stereocenters. The van der Waals surface area contributed by atoms with Gasteiger partial charge in [0.15, 0.2) is 0 Å². The van der Waals surface area contributed by atoms with Gasteiger partial charge in [0.25, 0.3) is 0 Å². The Kier molecular flexibility index (Phi) is 11.3. The summed E-state index contributed by atoms with van der Waals surface area (Å²) in [4.78, 5) is 40.4. The summed E-state index contributed by atoms with van der Waals surface area (Å²) in [5, 5.41) is 15.2. The van der Waals surface area contributed by atoms with Crippen LogP contribution in [0, 0.1) is 0 Å². The van der Waals surface area contributed by atoms with E-state index >= 15 is 0 Å². The van der Waals surface area contributed by atoms with Gasteiger partial charge in [-0.1, -0.05) is 31.6 Å². The van der Waals surface area contributed by atoms with Gasteiger partial charge < -0.3 is 25.4 Å². The lowest BCUT2D eigenvalue weighted by atomic mass is 10.0. The molecule has 0 fully saturated rings. The molecule has 1 aromatic rings. The third-order valence-electron chi connectivity index (χ3n) is 4.66. The number of hydrogen-bond donors (Lipinski definition) is 4. The third-order valence-corrected chi connectivity index (χ3v) is 5.02. The van der Waals surface area contributed by atoms with Crippen molar-refractivity contribution in [1.29, 1.82) is 0 Å². The molecule has 33 heavy (non-hydrogen) atoms. The average molecular weight is 480 g/mol. The van der Waals surface area contributed by atoms with Crippen molar-refractivity contribution >= 4 is 30.5 Å². The number of amides is 3. The van der Waals surface area contributed by atoms with Crippen molar-refractivity contribution in [3.8, 4) is 5.75 Å². The van der Waals surface area contributed by atoms with E-state index in [0.29, 0.717) is 5.56 Å². The second kappa shape index (κ2) is 13.1. The summed E-state index contributed by atoms with van der Waals surface area (Å²) in [7, 11) is 0. The number of rotatable bonds is 11. The highest BCUT2D eigenvalue weighted by molar-refractivity contribution is 7.80. The zero-order valence-corrected chi connectivity index (χ0v) is 21.0. The maximum absolute atomic E-state index is 13.5. The quantitative estimate of drug-likeness (QED) is 0.287. The Morgan fingerprint density at radius 1 is 1.21 bits per heavy atom. The van der Waals surface area contributed by atoms with Crippen molar-refractivity contribution in [3.05, 3.63) is 42.5 Å². The minimum absolute atomic E-state index is 0.00186. The number of alkyl carbamates (subject to hydrolysis) is 1. The fourth-order valence-electron chi connectivity index (χ4n) is 3.25. The van der Waals surface area contributed by atoms with Gasteiger partial charge in [-0.05, 0) is 51.8 Å². The van der Waals surface area contributed by atoms with Crippen LogP contribution < -0.4 is 10.6 Å². The Bertz CT molecular complexity index is 807. The molecule has 3 N–H and O–H groups in total. The number of ether oxygens (including phenoxy) is 1. The number of carbonyl (C=O) groups is 3. The average Bonchev–Trinajstić information content (AvgIpc) is 2.71. The highest BCUT2D eigenvalue weighted by Gasteiger charge is 2.35. The molecule has 3 amide bonds. The van der Waals surface area contributed by atoms with Crippen molar-refractivity contribution in [1.82, 2.24) is 15.5 Å². The Morgan fingerprint density at radius 2 is 1.82 bits per heavy atom. The second-order valence-corrected chi connectivity index (χ2v) is 9.22. The molecule has 184 valence electrons. The van der Waals surface area contributed by atoms with E-state index in [4.69, 9.17) is 4.74 Å². The van der Waals surface area contributed by atoms with Crippen LogP contribution in [0.5, 0.6) is 5.75 Å². The van der Waals surface area contributed by atoms with Gasteiger partial charge in [0.1, 0.15) is 23.4 Å². The molecule has 0 radical (unpaired) electrons. The number of thiol groups is 1. The minimum Gasteiger partial charge on any atom is -0.508 e. The van der Waals surface area contributed by atoms with Gasteiger partial charge in [-0.3, -0.25) is 9.59 Å². The molecular weight excluding hydrogens is 442 g/mol. The van der Waals surface area contributed by atoms with Crippen molar-refractivity contribution < 1.29 is 24.2 Å². The summed E-state index contributed by atoms with van der Waals surface area (Å²) in [6.07, 6.45) is 2.43. The van der Waals surface area contributed by atoms with E-state index in [0.717, 1.165) is 12.8 Å². The molecular formula is C24H37N3O5S. The van der Waals surface area contributed by atoms with Crippen LogP contribution in [0.15, 0.2) is 36.9 Å². The lowest BCUT2D eigenvalue weighted by molar-refractivity contribution is -0.141. The molecule has 0 aromatic heterocycles. The number of nitrogens with zero attached hydrogens (tertiary/aromatic N) is 1. The molecule has 1 aromatic carbocycles. The number of phenolic OH excluding ortho intramolecular Hbond substituents is 1. The Hall–Kier alpha value is -2.68. The number of nitrogens with one attached hydrogen (secondary N) is 2. The molecule has 8 nitrogen and oxygen atoms in total. The zero-order chi connectivity index (χ0) is 25.2. The Morgan fingerprint density at radius 3 is 2.30 bits per heavy atom. The topological polar surface area (TPSA) is 108 Å². The standard InChI is InChI=1S/C24H37N3O5S/c1-7-9-16(3)25-21(29)20(17-10-12-18(28)13-11-17)27(14-8-2)22(30)19(15-33)26-23(31)32-24(4,5)6/h8,10-13,16,19-20,28,33H,2,7,9,14-15H2,1,3-6H3,(H,25,29)(H,26,31). The number of phenols is 1. The SMILES string of the molecule is C=CCN(C(=O)C(CS)NC(=O)OC(C)(C)C)C(C(=O)NC(C)CCC)c1ccc(O)cc1. The lowest BCUT2D eigenvalue weighted by Crippen LogP contribution is -2.54. The number of aromatic hydroxyl groups is 1. The van der Waals surface area contributed by atoms with Crippen LogP contribution in [0.1, 0.15) is 59.1 Å². The number of benzene rings is 1. The smallest absolute Gasteiger partial charge is 0.408 e. The first kappa shape index (κ1) is 28.4. The van der Waals surface area contributed by atoms with Crippen molar-refractivity contribution in [2.45, 2.75) is 71.2 Å². The highest BCUT2D eigenvalue weighted by Crippen LogP contribution is 2.25. The fourth-order valence-corrected chi connectivity index (χ4v) is 3.50. The summed E-state index contributed by atoms with van der Waals surface area (Å²) in [5.41, 5.74) is -0.224. The van der Waals surface area contributed by atoms with Gasteiger partial charge in [0.2, 0.25) is 11.8 Å². The number of carbonyl (C=O) groups excluding carboxylic acids is 3. The van der Waals surface area contributed by atoms with Crippen LogP contribution in [-0.4, -0.2) is 57.9 Å². The van der Waals surface area contributed by atoms with Crippen LogP contribution in [0.3, 0.4) is 0 Å². The first-order valence-corrected chi connectivity index (χ1v) is 11.7. The molecule has 0 aliphatic rings. The zero-order valence-electron chi connectivity index (χ0n) is 20.1. The predicted octanol–water partition coefficient (Wildman–Crippen LogP) is 3.58. The molecule has 0 saturated heterocycles. The Labute approximate surface area is 202 Å². The molecule has 3 unspecified atom stereocenters. The third kappa shape index (κ3) is 9.37. The second-order valence-electron chi connectivity index (χ2n) is 8.85. The van der Waals surface area contributed by atoms with Crippen LogP contribution in [0.2, 0.25) is 0 Å². The fraction of sp³-hybridized carbons (Fsp3) is 0.542. The van der Waals surface area contributed by atoms with E-state index in [9.17, 15) is 19.5 Å². The van der Waals surface area contributed by atoms with Crippen LogP contribution in [0.4, 0.5) is 4.79 Å². The molecule has 0 aliphatic heterocycles. The normalized spacial score (nSPS) is 13.9. The van der Waals surface area contributed by atoms with E-state index in [1.165, 1.54) is 23.1 Å². The molecule has 0 heterocycles. The van der Waals surface area contributed by atoms with Gasteiger partial charge in [0.05, 0.1) is 0 Å². The van der Waals surface area contributed by atoms with Crippen LogP contribution in [0.25, 0.3) is 0 Å². The molecule has 0 spiro atoms. The molecule has 0 saturated carbocycles. The van der Waals surface area contributed by atoms with E-state index in [1.807, 2.05) is 13.8 Å². The first-order valence-electron chi connectivity index (χ1n) is 11.0. The van der Waals surface area contributed by atoms with Crippen LogP contribution >= 0.6 is 12.6 Å². The minimum atomic E-state index is -1.02. The molecule has 9 heteroatoms. The maximum atomic E-state index is 13.5. The van der Waals surface area contributed by atoms with Crippen molar-refractivity contribution in [3.63, 3.8) is 0 Å². The van der Waals surface area contributed by atoms with Gasteiger partial charge in [-0.2, -0.15) is 12.6 Å². The summed E-state index contributed by atoms with van der Waals surface area (Å²) < 4.78 is 5.26. The monoisotopic (exact) mass is 479 g/mol. The van der Waals surface area contributed by atoms with Gasteiger partial charge in [0, 0.05) is 18.3 Å². The summed E-state index contributed by atoms with van der Waals surface area (Å²) in [6, 6.07) is 3.97. The predicted molar refractivity (Wildman–Crippen MR) is 132 cm³/mol. The van der Waals surface area contributed by atoms with Crippen molar-refractivity contribution in [2.24, 2.45) is 0 Å². The van der Waals surface area contributed by atoms with Crippen LogP contribution in [-0.2, 0) is 14.3 Å². The van der Waals surface area contributed by atoms with Crippen molar-refractivity contribution in [2.75, 3.05) is 12.3 Å². The first-order chi connectivity index (χ1) is 15.4. The molecule has 0 aliphatic carbocycles. The van der Waals surface area contributed by atoms with Gasteiger partial charge in [-0.25, -0.2) is 4.79 Å². The van der Waals surface area contributed by atoms with E-state index in [1.54, 1.807) is 32.9 Å². The molecule has 1 rings (SSSR count). The Balaban J connectivity index is 3.31. The van der Waals surface area contributed by atoms with E-state index in [-0.39, 0.29) is 30.0 Å². The summed E-state index contributed by atoms with van der Waals surface area (Å²) >= 11 is 4.23. The maximum Gasteiger partial charge on any atom is 0.408 e. The van der Waals surface area contributed by atoms with Gasteiger partial charge in [-0.15, -0.1) is 6.58 Å². The molecule has 0 bridgehead atoms.